The summed E-state index contributed by atoms with van der Waals surface area (Å²) in [6.07, 6.45) is 62.8. The number of amides is 1. The van der Waals surface area contributed by atoms with E-state index in [0.29, 0.717) is 19.3 Å². The Labute approximate surface area is 390 Å². The largest absolute Gasteiger partial charge is 0.462 e. The van der Waals surface area contributed by atoms with Crippen molar-refractivity contribution in [3.05, 3.63) is 60.8 Å². The lowest BCUT2D eigenvalue weighted by molar-refractivity contribution is -0.151. The van der Waals surface area contributed by atoms with Crippen molar-refractivity contribution < 1.29 is 24.5 Å². The number of aliphatic hydroxyl groups excluding tert-OH is 2. The minimum atomic E-state index is -0.802. The third kappa shape index (κ3) is 45.9. The van der Waals surface area contributed by atoms with Gasteiger partial charge in [0.05, 0.1) is 25.2 Å². The van der Waals surface area contributed by atoms with Crippen LogP contribution in [0.4, 0.5) is 0 Å². The average Bonchev–Trinajstić information content (AvgIpc) is 3.28. The van der Waals surface area contributed by atoms with E-state index < -0.39 is 18.2 Å². The van der Waals surface area contributed by atoms with E-state index in [1.807, 2.05) is 6.08 Å². The van der Waals surface area contributed by atoms with Gasteiger partial charge in [-0.25, -0.2) is 0 Å². The molecule has 0 bridgehead atoms. The number of carbonyl (C=O) groups excluding carboxylic acids is 2. The van der Waals surface area contributed by atoms with Gasteiger partial charge in [0.15, 0.2) is 0 Å². The van der Waals surface area contributed by atoms with Crippen molar-refractivity contribution in [2.75, 3.05) is 6.61 Å². The van der Waals surface area contributed by atoms with Gasteiger partial charge in [0.1, 0.15) is 6.10 Å². The van der Waals surface area contributed by atoms with E-state index in [0.717, 1.165) is 83.5 Å². The van der Waals surface area contributed by atoms with E-state index in [4.69, 9.17) is 4.74 Å². The van der Waals surface area contributed by atoms with Crippen molar-refractivity contribution in [3.8, 4) is 0 Å². The third-order valence-corrected chi connectivity index (χ3v) is 12.2. The second-order valence-electron chi connectivity index (χ2n) is 18.4. The molecule has 63 heavy (non-hydrogen) atoms. The van der Waals surface area contributed by atoms with Gasteiger partial charge in [-0.05, 0) is 77.0 Å². The number of esters is 1. The highest BCUT2D eigenvalue weighted by Crippen LogP contribution is 2.17. The van der Waals surface area contributed by atoms with Crippen LogP contribution in [0, 0.1) is 0 Å². The van der Waals surface area contributed by atoms with E-state index in [1.54, 1.807) is 0 Å². The van der Waals surface area contributed by atoms with Crippen LogP contribution in [0.5, 0.6) is 0 Å². The molecule has 3 N–H and O–H groups in total. The third-order valence-electron chi connectivity index (χ3n) is 12.2. The topological polar surface area (TPSA) is 95.9 Å². The number of hydrogen-bond donors (Lipinski definition) is 3. The summed E-state index contributed by atoms with van der Waals surface area (Å²) in [5.74, 6) is -0.528. The standard InChI is InChI=1S/C57H103NO5/c1-4-7-10-13-16-19-22-25-27-29-31-33-36-39-42-45-48-53(63-57(62)50-47-44-41-38-35-30-24-21-18-15-12-9-6-3)51-56(61)58-54(52-59)55(60)49-46-43-40-37-34-32-28-26-23-20-17-14-11-8-5-2/h16,19,22,25,27,29-31,33,35,53-55,59-60H,4-15,17-18,20-21,23-24,26,28,32,34,36-52H2,1-3H3,(H,58,61)/b19-16+,25-22+,29-27+,33-31+,35-30-. The first-order valence-electron chi connectivity index (χ1n) is 27.1. The summed E-state index contributed by atoms with van der Waals surface area (Å²) < 4.78 is 5.92. The normalized spacial score (nSPS) is 13.7. The fraction of sp³-hybridized carbons (Fsp3) is 0.789. The molecule has 0 saturated carbocycles. The van der Waals surface area contributed by atoms with Gasteiger partial charge in [0.2, 0.25) is 5.91 Å². The summed E-state index contributed by atoms with van der Waals surface area (Å²) in [5, 5.41) is 23.8. The van der Waals surface area contributed by atoms with E-state index in [2.05, 4.69) is 80.8 Å². The van der Waals surface area contributed by atoms with Gasteiger partial charge in [-0.15, -0.1) is 0 Å². The zero-order valence-corrected chi connectivity index (χ0v) is 41.7. The molecule has 3 unspecified atom stereocenters. The Morgan fingerprint density at radius 2 is 0.825 bits per heavy atom. The van der Waals surface area contributed by atoms with Gasteiger partial charge in [0.25, 0.3) is 0 Å². The molecule has 6 heteroatoms. The van der Waals surface area contributed by atoms with Crippen LogP contribution >= 0.6 is 0 Å². The Bertz CT molecular complexity index is 1130. The smallest absolute Gasteiger partial charge is 0.306 e. The van der Waals surface area contributed by atoms with E-state index in [-0.39, 0.29) is 24.9 Å². The van der Waals surface area contributed by atoms with Crippen molar-refractivity contribution in [1.82, 2.24) is 5.32 Å². The molecule has 0 aromatic heterocycles. The fourth-order valence-electron chi connectivity index (χ4n) is 8.03. The van der Waals surface area contributed by atoms with Crippen LogP contribution in [-0.2, 0) is 14.3 Å². The highest BCUT2D eigenvalue weighted by molar-refractivity contribution is 5.77. The van der Waals surface area contributed by atoms with Crippen molar-refractivity contribution >= 4 is 11.9 Å². The second-order valence-corrected chi connectivity index (χ2v) is 18.4. The minimum Gasteiger partial charge on any atom is -0.462 e. The average molecular weight is 882 g/mol. The molecule has 0 aliphatic rings. The lowest BCUT2D eigenvalue weighted by Crippen LogP contribution is -2.46. The molecule has 0 aromatic rings. The van der Waals surface area contributed by atoms with Crippen molar-refractivity contribution in [2.24, 2.45) is 0 Å². The summed E-state index contributed by atoms with van der Waals surface area (Å²) in [6, 6.07) is -0.719. The van der Waals surface area contributed by atoms with Gasteiger partial charge in [0, 0.05) is 6.42 Å². The summed E-state index contributed by atoms with van der Waals surface area (Å²) in [7, 11) is 0. The summed E-state index contributed by atoms with van der Waals surface area (Å²) in [5.41, 5.74) is 0. The molecule has 0 aliphatic carbocycles. The summed E-state index contributed by atoms with van der Waals surface area (Å²) >= 11 is 0. The first kappa shape index (κ1) is 60.6. The molecular formula is C57H103NO5. The molecule has 1 amide bonds. The number of rotatable bonds is 48. The molecule has 6 nitrogen and oxygen atoms in total. The molecule has 0 saturated heterocycles. The van der Waals surface area contributed by atoms with E-state index in [1.165, 1.54) is 135 Å². The lowest BCUT2D eigenvalue weighted by atomic mass is 10.0. The van der Waals surface area contributed by atoms with Crippen LogP contribution in [0.1, 0.15) is 265 Å². The van der Waals surface area contributed by atoms with Gasteiger partial charge in [-0.3, -0.25) is 9.59 Å². The van der Waals surface area contributed by atoms with E-state index >= 15 is 0 Å². The molecule has 0 heterocycles. The maximum absolute atomic E-state index is 13.2. The maximum atomic E-state index is 13.2. The number of carbonyl (C=O) groups is 2. The number of unbranched alkanes of at least 4 members (excludes halogenated alkanes) is 29. The van der Waals surface area contributed by atoms with Crippen LogP contribution in [-0.4, -0.2) is 46.9 Å². The molecular weight excluding hydrogens is 779 g/mol. The van der Waals surface area contributed by atoms with Crippen molar-refractivity contribution in [1.29, 1.82) is 0 Å². The first-order chi connectivity index (χ1) is 31.0. The minimum absolute atomic E-state index is 0.0451. The second kappa shape index (κ2) is 50.6. The zero-order chi connectivity index (χ0) is 45.9. The predicted molar refractivity (Wildman–Crippen MR) is 273 cm³/mol. The van der Waals surface area contributed by atoms with Gasteiger partial charge >= 0.3 is 5.97 Å². The molecule has 0 spiro atoms. The number of aliphatic hydroxyl groups is 2. The Hall–Kier alpha value is -2.44. The summed E-state index contributed by atoms with van der Waals surface area (Å²) in [6.45, 7) is 6.43. The van der Waals surface area contributed by atoms with Gasteiger partial charge in [-0.1, -0.05) is 236 Å². The Morgan fingerprint density at radius 3 is 1.32 bits per heavy atom. The number of nitrogens with one attached hydrogen (secondary N) is 1. The summed E-state index contributed by atoms with van der Waals surface area (Å²) in [4.78, 5) is 26.2. The predicted octanol–water partition coefficient (Wildman–Crippen LogP) is 16.4. The van der Waals surface area contributed by atoms with Crippen LogP contribution in [0.2, 0.25) is 0 Å². The highest BCUT2D eigenvalue weighted by Gasteiger charge is 2.24. The molecule has 0 radical (unpaired) electrons. The molecule has 366 valence electrons. The van der Waals surface area contributed by atoms with Gasteiger partial charge < -0.3 is 20.3 Å². The number of ether oxygens (including phenoxy) is 1. The number of hydrogen-bond acceptors (Lipinski definition) is 5. The Kier molecular flexibility index (Phi) is 48.6. The van der Waals surface area contributed by atoms with Crippen LogP contribution < -0.4 is 5.32 Å². The van der Waals surface area contributed by atoms with Crippen LogP contribution in [0.15, 0.2) is 60.8 Å². The molecule has 0 fully saturated rings. The molecule has 3 atom stereocenters. The van der Waals surface area contributed by atoms with Crippen molar-refractivity contribution in [2.45, 2.75) is 283 Å². The SMILES string of the molecule is CCCCC/C=C/C=C/C=C/C=C/CCCCCC(CC(=O)NC(CO)C(O)CCCCCCCCCCCCCCCCC)OC(=O)CCCCC/C=C\CCCCCCCC. The van der Waals surface area contributed by atoms with Crippen LogP contribution in [0.25, 0.3) is 0 Å². The lowest BCUT2D eigenvalue weighted by Gasteiger charge is -2.24. The van der Waals surface area contributed by atoms with E-state index in [9.17, 15) is 19.8 Å². The van der Waals surface area contributed by atoms with Crippen LogP contribution in [0.3, 0.4) is 0 Å². The molecule has 0 rings (SSSR count). The quantitative estimate of drug-likeness (QED) is 0.0245. The molecule has 0 aromatic carbocycles. The number of allylic oxidation sites excluding steroid dienone is 10. The monoisotopic (exact) mass is 882 g/mol. The fourth-order valence-corrected chi connectivity index (χ4v) is 8.03. The van der Waals surface area contributed by atoms with Gasteiger partial charge in [-0.2, -0.15) is 0 Å². The zero-order valence-electron chi connectivity index (χ0n) is 41.7. The Morgan fingerprint density at radius 1 is 0.460 bits per heavy atom. The highest BCUT2D eigenvalue weighted by atomic mass is 16.5. The molecule has 0 aliphatic heterocycles. The Balaban J connectivity index is 4.66. The van der Waals surface area contributed by atoms with Crippen molar-refractivity contribution in [3.63, 3.8) is 0 Å². The maximum Gasteiger partial charge on any atom is 0.306 e. The first-order valence-corrected chi connectivity index (χ1v) is 27.1.